The molecule has 0 saturated heterocycles. The first-order chi connectivity index (χ1) is 9.46. The number of para-hydroxylation sites is 1. The lowest BCUT2D eigenvalue weighted by Gasteiger charge is -2.23. The van der Waals surface area contributed by atoms with Gasteiger partial charge in [0.2, 0.25) is 0 Å². The van der Waals surface area contributed by atoms with E-state index in [0.717, 1.165) is 23.2 Å². The van der Waals surface area contributed by atoms with Crippen LogP contribution in [-0.2, 0) is 0 Å². The van der Waals surface area contributed by atoms with E-state index in [1.165, 1.54) is 0 Å². The highest BCUT2D eigenvalue weighted by molar-refractivity contribution is 5.84. The third kappa shape index (κ3) is 4.20. The first-order valence-corrected chi connectivity index (χ1v) is 7.17. The van der Waals surface area contributed by atoms with Gasteiger partial charge in [-0.3, -0.25) is 4.98 Å². The van der Waals surface area contributed by atoms with Crippen LogP contribution in [0.2, 0.25) is 0 Å². The molecule has 1 atom stereocenters. The summed E-state index contributed by atoms with van der Waals surface area (Å²) in [5, 5.41) is 4.62. The van der Waals surface area contributed by atoms with Gasteiger partial charge in [0.15, 0.2) is 0 Å². The Balaban J connectivity index is 1.96. The van der Waals surface area contributed by atoms with Gasteiger partial charge in [-0.2, -0.15) is 0 Å². The largest absolute Gasteiger partial charge is 0.491 e. The molecule has 1 aromatic carbocycles. The molecule has 2 rings (SSSR count). The van der Waals surface area contributed by atoms with Gasteiger partial charge in [-0.15, -0.1) is 0 Å². The Kier molecular flexibility index (Phi) is 4.61. The molecule has 0 aliphatic rings. The minimum atomic E-state index is 0.148. The summed E-state index contributed by atoms with van der Waals surface area (Å²) in [6, 6.07) is 10.1. The summed E-state index contributed by atoms with van der Waals surface area (Å²) in [7, 11) is 0. The fourth-order valence-electron chi connectivity index (χ4n) is 1.96. The summed E-state index contributed by atoms with van der Waals surface area (Å²) >= 11 is 0. The Labute approximate surface area is 121 Å². The molecule has 3 heteroatoms. The van der Waals surface area contributed by atoms with Gasteiger partial charge in [-0.25, -0.2) is 0 Å². The molecule has 0 radical (unpaired) electrons. The Morgan fingerprint density at radius 2 is 1.95 bits per heavy atom. The maximum atomic E-state index is 5.94. The van der Waals surface area contributed by atoms with Gasteiger partial charge in [0.05, 0.1) is 6.61 Å². The molecule has 1 unspecified atom stereocenters. The maximum Gasteiger partial charge on any atom is 0.145 e. The molecule has 0 aliphatic carbocycles. The monoisotopic (exact) mass is 272 g/mol. The van der Waals surface area contributed by atoms with Gasteiger partial charge >= 0.3 is 0 Å². The van der Waals surface area contributed by atoms with E-state index in [2.05, 4.69) is 50.1 Å². The van der Waals surface area contributed by atoms with E-state index in [0.29, 0.717) is 12.5 Å². The third-order valence-corrected chi connectivity index (χ3v) is 3.10. The summed E-state index contributed by atoms with van der Waals surface area (Å²) in [6.45, 7) is 10.4. The molecule has 0 fully saturated rings. The average Bonchev–Trinajstić information content (AvgIpc) is 2.42. The fraction of sp³-hybridized carbons (Fsp3) is 0.471. The average molecular weight is 272 g/mol. The van der Waals surface area contributed by atoms with Crippen molar-refractivity contribution in [3.8, 4) is 5.75 Å². The van der Waals surface area contributed by atoms with E-state index in [1.54, 1.807) is 6.20 Å². The maximum absolute atomic E-state index is 5.94. The summed E-state index contributed by atoms with van der Waals surface area (Å²) in [5.74, 6) is 1.32. The van der Waals surface area contributed by atoms with E-state index in [-0.39, 0.29) is 5.54 Å². The van der Waals surface area contributed by atoms with Crippen molar-refractivity contribution >= 4 is 10.9 Å². The number of hydrogen-bond acceptors (Lipinski definition) is 3. The van der Waals surface area contributed by atoms with E-state index in [1.807, 2.05) is 18.2 Å². The van der Waals surface area contributed by atoms with Crippen LogP contribution in [0.1, 0.15) is 27.7 Å². The number of nitrogens with one attached hydrogen (secondary N) is 1. The number of rotatable bonds is 5. The molecular formula is C17H24N2O. The second-order valence-electron chi connectivity index (χ2n) is 6.38. The third-order valence-electron chi connectivity index (χ3n) is 3.10. The van der Waals surface area contributed by atoms with Crippen LogP contribution in [0.3, 0.4) is 0 Å². The van der Waals surface area contributed by atoms with Crippen LogP contribution in [0, 0.1) is 5.92 Å². The standard InChI is InChI=1S/C17H24N2O/c1-13(11-19-17(2,3)4)12-20-15-9-5-7-14-8-6-10-18-16(14)15/h5-10,13,19H,11-12H2,1-4H3. The molecule has 2 aromatic rings. The number of pyridine rings is 1. The van der Waals surface area contributed by atoms with Crippen LogP contribution < -0.4 is 10.1 Å². The highest BCUT2D eigenvalue weighted by Gasteiger charge is 2.12. The van der Waals surface area contributed by atoms with Crippen molar-refractivity contribution in [2.45, 2.75) is 33.2 Å². The first kappa shape index (κ1) is 14.8. The Morgan fingerprint density at radius 3 is 2.70 bits per heavy atom. The molecule has 0 saturated carbocycles. The van der Waals surface area contributed by atoms with Crippen LogP contribution >= 0.6 is 0 Å². The van der Waals surface area contributed by atoms with Crippen LogP contribution in [0.4, 0.5) is 0 Å². The summed E-state index contributed by atoms with van der Waals surface area (Å²) < 4.78 is 5.94. The van der Waals surface area contributed by atoms with E-state index in [9.17, 15) is 0 Å². The number of ether oxygens (including phenoxy) is 1. The van der Waals surface area contributed by atoms with Crippen LogP contribution in [0.25, 0.3) is 10.9 Å². The molecule has 0 amide bonds. The van der Waals surface area contributed by atoms with Crippen molar-refractivity contribution in [3.63, 3.8) is 0 Å². The topological polar surface area (TPSA) is 34.1 Å². The Bertz CT molecular complexity index is 555. The predicted octanol–water partition coefficient (Wildman–Crippen LogP) is 3.64. The Hall–Kier alpha value is -1.61. The Morgan fingerprint density at radius 1 is 1.20 bits per heavy atom. The first-order valence-electron chi connectivity index (χ1n) is 7.17. The van der Waals surface area contributed by atoms with Crippen LogP contribution in [0.5, 0.6) is 5.75 Å². The minimum Gasteiger partial charge on any atom is -0.491 e. The molecule has 1 N–H and O–H groups in total. The second kappa shape index (κ2) is 6.23. The molecule has 0 bridgehead atoms. The van der Waals surface area contributed by atoms with Gasteiger partial charge in [-0.1, -0.05) is 25.1 Å². The lowest BCUT2D eigenvalue weighted by molar-refractivity contribution is 0.246. The molecule has 3 nitrogen and oxygen atoms in total. The number of aromatic nitrogens is 1. The molecule has 20 heavy (non-hydrogen) atoms. The van der Waals surface area contributed by atoms with Crippen LogP contribution in [0.15, 0.2) is 36.5 Å². The fourth-order valence-corrected chi connectivity index (χ4v) is 1.96. The highest BCUT2D eigenvalue weighted by Crippen LogP contribution is 2.23. The lowest BCUT2D eigenvalue weighted by Crippen LogP contribution is -2.39. The molecule has 0 aliphatic heterocycles. The molecule has 0 spiro atoms. The summed E-state index contributed by atoms with van der Waals surface area (Å²) in [6.07, 6.45) is 1.81. The smallest absolute Gasteiger partial charge is 0.145 e. The normalized spacial score (nSPS) is 13.4. The molecule has 1 aromatic heterocycles. The van der Waals surface area contributed by atoms with Gasteiger partial charge in [0, 0.05) is 29.6 Å². The predicted molar refractivity (Wildman–Crippen MR) is 84.2 cm³/mol. The highest BCUT2D eigenvalue weighted by atomic mass is 16.5. The van der Waals surface area contributed by atoms with Crippen molar-refractivity contribution in [1.82, 2.24) is 10.3 Å². The van der Waals surface area contributed by atoms with Gasteiger partial charge in [0.1, 0.15) is 11.3 Å². The second-order valence-corrected chi connectivity index (χ2v) is 6.38. The van der Waals surface area contributed by atoms with Crippen molar-refractivity contribution in [2.75, 3.05) is 13.2 Å². The van der Waals surface area contributed by atoms with Gasteiger partial charge < -0.3 is 10.1 Å². The van der Waals surface area contributed by atoms with E-state index >= 15 is 0 Å². The van der Waals surface area contributed by atoms with Crippen molar-refractivity contribution in [1.29, 1.82) is 0 Å². The number of benzene rings is 1. The SMILES string of the molecule is CC(CNC(C)(C)C)COc1cccc2cccnc12. The zero-order valence-electron chi connectivity index (χ0n) is 12.8. The number of fused-ring (bicyclic) bond motifs is 1. The molecular weight excluding hydrogens is 248 g/mol. The number of hydrogen-bond donors (Lipinski definition) is 1. The molecule has 108 valence electrons. The van der Waals surface area contributed by atoms with Crippen molar-refractivity contribution in [2.24, 2.45) is 5.92 Å². The van der Waals surface area contributed by atoms with Gasteiger partial charge in [-0.05, 0) is 32.9 Å². The van der Waals surface area contributed by atoms with E-state index < -0.39 is 0 Å². The van der Waals surface area contributed by atoms with Crippen molar-refractivity contribution < 1.29 is 4.74 Å². The number of nitrogens with zero attached hydrogens (tertiary/aromatic N) is 1. The van der Waals surface area contributed by atoms with E-state index in [4.69, 9.17) is 4.74 Å². The summed E-state index contributed by atoms with van der Waals surface area (Å²) in [5.41, 5.74) is 1.08. The summed E-state index contributed by atoms with van der Waals surface area (Å²) in [4.78, 5) is 4.40. The zero-order valence-corrected chi connectivity index (χ0v) is 12.8. The zero-order chi connectivity index (χ0) is 14.6. The van der Waals surface area contributed by atoms with Crippen molar-refractivity contribution in [3.05, 3.63) is 36.5 Å². The van der Waals surface area contributed by atoms with Crippen LogP contribution in [-0.4, -0.2) is 23.7 Å². The van der Waals surface area contributed by atoms with Gasteiger partial charge in [0.25, 0.3) is 0 Å². The molecule has 1 heterocycles. The minimum absolute atomic E-state index is 0.148. The quantitative estimate of drug-likeness (QED) is 0.902. The lowest BCUT2D eigenvalue weighted by atomic mass is 10.1.